The number of hydrogen-bond donors (Lipinski definition) is 0. The molecule has 0 bridgehead atoms. The van der Waals surface area contributed by atoms with Crippen molar-refractivity contribution in [3.8, 4) is 22.6 Å². The van der Waals surface area contributed by atoms with Crippen LogP contribution in [0.5, 0.6) is 11.5 Å². The molecule has 3 aromatic rings. The van der Waals surface area contributed by atoms with Crippen molar-refractivity contribution in [3.05, 3.63) is 81.9 Å². The highest BCUT2D eigenvalue weighted by Crippen LogP contribution is 2.38. The summed E-state index contributed by atoms with van der Waals surface area (Å²) in [6.45, 7) is 12.5. The molecular formula is C26H29F3O4Si. The first-order chi connectivity index (χ1) is 15.7. The summed E-state index contributed by atoms with van der Waals surface area (Å²) in [5.74, 6) is 1.35. The third kappa shape index (κ3) is 5.98. The predicted octanol–water partition coefficient (Wildman–Crippen LogP) is 7.95. The molecule has 0 aliphatic carbocycles. The van der Waals surface area contributed by atoms with Gasteiger partial charge in [0.2, 0.25) is 0 Å². The Kier molecular flexibility index (Phi) is 7.14. The van der Waals surface area contributed by atoms with E-state index < -0.39 is 20.1 Å². The van der Waals surface area contributed by atoms with Crippen LogP contribution in [0.4, 0.5) is 13.2 Å². The Morgan fingerprint density at radius 1 is 0.941 bits per heavy atom. The highest BCUT2D eigenvalue weighted by molar-refractivity contribution is 6.74. The van der Waals surface area contributed by atoms with E-state index in [-0.39, 0.29) is 22.8 Å². The second-order valence-corrected chi connectivity index (χ2v) is 14.5. The van der Waals surface area contributed by atoms with Gasteiger partial charge in [0.1, 0.15) is 23.0 Å². The van der Waals surface area contributed by atoms with Crippen LogP contribution in [0.2, 0.25) is 18.1 Å². The van der Waals surface area contributed by atoms with Gasteiger partial charge in [-0.2, -0.15) is 13.2 Å². The van der Waals surface area contributed by atoms with Gasteiger partial charge in [0.15, 0.2) is 13.7 Å². The highest BCUT2D eigenvalue weighted by Gasteiger charge is 2.37. The van der Waals surface area contributed by atoms with Crippen molar-refractivity contribution < 1.29 is 26.8 Å². The summed E-state index contributed by atoms with van der Waals surface area (Å²) in [5, 5.41) is -0.000309. The molecule has 0 fully saturated rings. The van der Waals surface area contributed by atoms with E-state index in [4.69, 9.17) is 13.6 Å². The molecule has 0 N–H and O–H groups in total. The minimum atomic E-state index is -4.45. The number of hydrogen-bond acceptors (Lipinski definition) is 4. The lowest BCUT2D eigenvalue weighted by Crippen LogP contribution is -2.40. The maximum absolute atomic E-state index is 13.0. The van der Waals surface area contributed by atoms with Gasteiger partial charge in [-0.3, -0.25) is 4.79 Å². The quantitative estimate of drug-likeness (QED) is 0.329. The van der Waals surface area contributed by atoms with Crippen molar-refractivity contribution in [1.82, 2.24) is 0 Å². The fourth-order valence-electron chi connectivity index (χ4n) is 3.10. The van der Waals surface area contributed by atoms with Gasteiger partial charge in [-0.25, -0.2) is 0 Å². The molecule has 0 aliphatic rings. The summed E-state index contributed by atoms with van der Waals surface area (Å²) in [4.78, 5) is 12.8. The van der Waals surface area contributed by atoms with E-state index in [0.29, 0.717) is 28.4 Å². The molecule has 1 heterocycles. The van der Waals surface area contributed by atoms with Gasteiger partial charge in [0, 0.05) is 6.07 Å². The SMILES string of the molecule is Cc1cc(=O)c(-c2ccc(Oc3cccc(C(F)(F)F)c3)cc2)c(CO[Si](C)(C)C(C)(C)C)o1. The minimum absolute atomic E-state index is 0.000309. The third-order valence-corrected chi connectivity index (χ3v) is 10.5. The number of benzene rings is 2. The molecule has 0 atom stereocenters. The topological polar surface area (TPSA) is 48.7 Å². The summed E-state index contributed by atoms with van der Waals surface area (Å²) in [5.41, 5.74) is 0.0308. The van der Waals surface area contributed by atoms with Crippen LogP contribution in [0, 0.1) is 6.92 Å². The van der Waals surface area contributed by atoms with Crippen molar-refractivity contribution in [3.63, 3.8) is 0 Å². The monoisotopic (exact) mass is 490 g/mol. The molecule has 0 unspecified atom stereocenters. The van der Waals surface area contributed by atoms with E-state index in [1.165, 1.54) is 18.2 Å². The molecule has 0 amide bonds. The van der Waals surface area contributed by atoms with Gasteiger partial charge in [-0.1, -0.05) is 39.0 Å². The zero-order chi connectivity index (χ0) is 25.3. The van der Waals surface area contributed by atoms with E-state index in [1.807, 2.05) is 0 Å². The number of alkyl halides is 3. The van der Waals surface area contributed by atoms with Gasteiger partial charge < -0.3 is 13.6 Å². The summed E-state index contributed by atoms with van der Waals surface area (Å²) in [7, 11) is -2.08. The summed E-state index contributed by atoms with van der Waals surface area (Å²) < 4.78 is 56.6. The summed E-state index contributed by atoms with van der Waals surface area (Å²) >= 11 is 0. The maximum Gasteiger partial charge on any atom is 0.416 e. The Bertz CT molecular complexity index is 1210. The number of ether oxygens (including phenoxy) is 1. The van der Waals surface area contributed by atoms with Crippen LogP contribution in [-0.2, 0) is 17.2 Å². The van der Waals surface area contributed by atoms with Crippen LogP contribution in [0.1, 0.15) is 37.9 Å². The average molecular weight is 491 g/mol. The fraction of sp³-hybridized carbons (Fsp3) is 0.346. The van der Waals surface area contributed by atoms with Crippen molar-refractivity contribution in [2.45, 2.75) is 58.6 Å². The van der Waals surface area contributed by atoms with Crippen LogP contribution in [0.25, 0.3) is 11.1 Å². The van der Waals surface area contributed by atoms with Crippen LogP contribution in [0.15, 0.2) is 63.8 Å². The Hall–Kier alpha value is -2.84. The Labute approximate surface area is 198 Å². The lowest BCUT2D eigenvalue weighted by atomic mass is 10.0. The zero-order valence-electron chi connectivity index (χ0n) is 20.2. The highest BCUT2D eigenvalue weighted by atomic mass is 28.4. The molecule has 3 rings (SSSR count). The number of halogens is 3. The van der Waals surface area contributed by atoms with E-state index >= 15 is 0 Å². The van der Waals surface area contributed by atoms with Crippen molar-refractivity contribution in [2.75, 3.05) is 0 Å². The first-order valence-electron chi connectivity index (χ1n) is 10.9. The summed E-state index contributed by atoms with van der Waals surface area (Å²) in [6, 6.07) is 12.7. The minimum Gasteiger partial charge on any atom is -0.463 e. The Morgan fingerprint density at radius 2 is 1.59 bits per heavy atom. The van der Waals surface area contributed by atoms with Crippen LogP contribution in [-0.4, -0.2) is 8.32 Å². The molecule has 0 spiro atoms. The number of aryl methyl sites for hydroxylation is 1. The van der Waals surface area contributed by atoms with Gasteiger partial charge in [-0.05, 0) is 61.0 Å². The Balaban J connectivity index is 1.88. The molecule has 0 saturated carbocycles. The van der Waals surface area contributed by atoms with Crippen LogP contribution >= 0.6 is 0 Å². The molecule has 0 saturated heterocycles. The maximum atomic E-state index is 13.0. The lowest BCUT2D eigenvalue weighted by molar-refractivity contribution is -0.137. The molecule has 4 nitrogen and oxygen atoms in total. The molecule has 8 heteroatoms. The van der Waals surface area contributed by atoms with E-state index in [2.05, 4.69) is 33.9 Å². The van der Waals surface area contributed by atoms with Crippen molar-refractivity contribution >= 4 is 8.32 Å². The van der Waals surface area contributed by atoms with Gasteiger partial charge in [0.25, 0.3) is 0 Å². The first-order valence-corrected chi connectivity index (χ1v) is 13.8. The molecule has 182 valence electrons. The standard InChI is InChI=1S/C26H29F3O4Si/c1-17-14-22(30)24(23(32-17)16-31-34(5,6)25(2,3)4)18-10-12-20(13-11-18)33-21-9-7-8-19(15-21)26(27,28)29/h7-15H,16H2,1-6H3. The van der Waals surface area contributed by atoms with Gasteiger partial charge >= 0.3 is 6.18 Å². The van der Waals surface area contributed by atoms with Crippen LogP contribution < -0.4 is 10.2 Å². The average Bonchev–Trinajstić information content (AvgIpc) is 2.72. The molecule has 0 aliphatic heterocycles. The molecule has 2 aromatic carbocycles. The van der Waals surface area contributed by atoms with Crippen molar-refractivity contribution in [1.29, 1.82) is 0 Å². The van der Waals surface area contributed by atoms with E-state index in [0.717, 1.165) is 12.1 Å². The molecule has 34 heavy (non-hydrogen) atoms. The molecular weight excluding hydrogens is 461 g/mol. The molecule has 0 radical (unpaired) electrons. The zero-order valence-corrected chi connectivity index (χ0v) is 21.2. The van der Waals surface area contributed by atoms with Gasteiger partial charge in [0.05, 0.1) is 17.7 Å². The predicted molar refractivity (Wildman–Crippen MR) is 129 cm³/mol. The second kappa shape index (κ2) is 9.42. The lowest BCUT2D eigenvalue weighted by Gasteiger charge is -2.36. The normalized spacial score (nSPS) is 12.6. The molecule has 1 aromatic heterocycles. The Morgan fingerprint density at radius 3 is 2.18 bits per heavy atom. The third-order valence-electron chi connectivity index (χ3n) is 6.05. The first kappa shape index (κ1) is 25.8. The number of rotatable bonds is 6. The second-order valence-electron chi connectivity index (χ2n) is 9.72. The van der Waals surface area contributed by atoms with Crippen molar-refractivity contribution in [2.24, 2.45) is 0 Å². The van der Waals surface area contributed by atoms with E-state index in [1.54, 1.807) is 31.2 Å². The smallest absolute Gasteiger partial charge is 0.416 e. The fourth-order valence-corrected chi connectivity index (χ4v) is 4.02. The summed E-state index contributed by atoms with van der Waals surface area (Å²) in [6.07, 6.45) is -4.45. The van der Waals surface area contributed by atoms with Gasteiger partial charge in [-0.15, -0.1) is 0 Å². The largest absolute Gasteiger partial charge is 0.463 e. The van der Waals surface area contributed by atoms with Crippen LogP contribution in [0.3, 0.4) is 0 Å². The van der Waals surface area contributed by atoms with E-state index in [9.17, 15) is 18.0 Å².